The lowest BCUT2D eigenvalue weighted by molar-refractivity contribution is -0.137. The maximum Gasteiger partial charge on any atom is 0.417 e. The summed E-state index contributed by atoms with van der Waals surface area (Å²) in [7, 11) is -1.68. The van der Waals surface area contributed by atoms with Crippen molar-refractivity contribution in [2.75, 3.05) is 11.4 Å². The van der Waals surface area contributed by atoms with Crippen LogP contribution >= 0.6 is 11.6 Å². The van der Waals surface area contributed by atoms with Crippen molar-refractivity contribution in [2.45, 2.75) is 12.6 Å². The van der Waals surface area contributed by atoms with E-state index in [2.05, 4.69) is 5.32 Å². The zero-order valence-electron chi connectivity index (χ0n) is 18.0. The van der Waals surface area contributed by atoms with Crippen molar-refractivity contribution >= 4 is 39.8 Å². The van der Waals surface area contributed by atoms with Gasteiger partial charge < -0.3 is 10.1 Å². The number of halogens is 4. The third kappa shape index (κ3) is 6.23. The first-order chi connectivity index (χ1) is 16.5. The first kappa shape index (κ1) is 25.9. The number of hydrogen-bond donors (Lipinski definition) is 2. The third-order valence-electron chi connectivity index (χ3n) is 4.79. The standard InChI is InChI=1S/C23H17ClF3N3O4S/c1-29-22(31)10-14-2-4-16(5-3-14)30(35(32)33)17-6-9-21(15(11-17)13-28)34-18-7-8-20(24)19(12-18)23(25,26)27/h2-9,11-12,35H,10H2,1H3,(H,29,31). The molecule has 0 aliphatic carbocycles. The number of amides is 1. The number of likely N-dealkylation sites (N-methyl/N-ethyl adjacent to an activating group) is 1. The second kappa shape index (κ2) is 10.7. The third-order valence-corrected chi connectivity index (χ3v) is 5.90. The van der Waals surface area contributed by atoms with E-state index >= 15 is 0 Å². The fourth-order valence-corrected chi connectivity index (χ4v) is 3.96. The van der Waals surface area contributed by atoms with Gasteiger partial charge in [0.25, 0.3) is 0 Å². The second-order valence-electron chi connectivity index (χ2n) is 7.10. The predicted octanol–water partition coefficient (Wildman–Crippen LogP) is 4.98. The zero-order valence-corrected chi connectivity index (χ0v) is 19.6. The van der Waals surface area contributed by atoms with E-state index in [4.69, 9.17) is 16.3 Å². The average molecular weight is 524 g/mol. The highest BCUT2D eigenvalue weighted by Gasteiger charge is 2.33. The Morgan fingerprint density at radius 2 is 1.74 bits per heavy atom. The van der Waals surface area contributed by atoms with Crippen molar-refractivity contribution in [3.8, 4) is 17.6 Å². The van der Waals surface area contributed by atoms with Crippen LogP contribution in [0.25, 0.3) is 0 Å². The van der Waals surface area contributed by atoms with Gasteiger partial charge in [0.15, 0.2) is 0 Å². The number of ether oxygens (including phenoxy) is 1. The van der Waals surface area contributed by atoms with Crippen LogP contribution in [0.2, 0.25) is 5.02 Å². The highest BCUT2D eigenvalue weighted by molar-refractivity contribution is 7.74. The van der Waals surface area contributed by atoms with Gasteiger partial charge in [-0.05, 0) is 54.1 Å². The van der Waals surface area contributed by atoms with Crippen molar-refractivity contribution < 1.29 is 31.1 Å². The first-order valence-corrected chi connectivity index (χ1v) is 11.4. The summed E-state index contributed by atoms with van der Waals surface area (Å²) in [5.74, 6) is -0.486. The number of carbonyl (C=O) groups excluding carboxylic acids is 1. The van der Waals surface area contributed by atoms with Gasteiger partial charge in [0.1, 0.15) is 17.6 Å². The molecule has 0 fully saturated rings. The molecule has 1 N–H and O–H groups in total. The fourth-order valence-electron chi connectivity index (χ4n) is 3.10. The van der Waals surface area contributed by atoms with Crippen LogP contribution in [-0.4, -0.2) is 21.4 Å². The van der Waals surface area contributed by atoms with Gasteiger partial charge in [-0.25, -0.2) is 12.7 Å². The fraction of sp³-hybridized carbons (Fsp3) is 0.130. The second-order valence-corrected chi connectivity index (χ2v) is 8.38. The number of nitriles is 1. The Labute approximate surface area is 205 Å². The Balaban J connectivity index is 1.93. The summed E-state index contributed by atoms with van der Waals surface area (Å²) in [5.41, 5.74) is -0.176. The summed E-state index contributed by atoms with van der Waals surface area (Å²) in [6, 6.07) is 14.9. The highest BCUT2D eigenvalue weighted by Crippen LogP contribution is 2.38. The maximum atomic E-state index is 13.1. The molecule has 0 unspecified atom stereocenters. The number of nitrogens with zero attached hydrogens (tertiary/aromatic N) is 2. The predicted molar refractivity (Wildman–Crippen MR) is 124 cm³/mol. The van der Waals surface area contributed by atoms with Crippen molar-refractivity contribution in [3.63, 3.8) is 0 Å². The first-order valence-electron chi connectivity index (χ1n) is 9.86. The molecule has 0 saturated carbocycles. The molecule has 0 atom stereocenters. The summed E-state index contributed by atoms with van der Waals surface area (Å²) in [4.78, 5) is 11.5. The molecular weight excluding hydrogens is 507 g/mol. The molecule has 3 aromatic carbocycles. The van der Waals surface area contributed by atoms with Gasteiger partial charge in [-0.3, -0.25) is 4.79 Å². The van der Waals surface area contributed by atoms with Crippen molar-refractivity contribution in [1.82, 2.24) is 5.32 Å². The van der Waals surface area contributed by atoms with E-state index in [1.165, 1.54) is 43.4 Å². The van der Waals surface area contributed by atoms with Gasteiger partial charge in [-0.15, -0.1) is 0 Å². The molecule has 35 heavy (non-hydrogen) atoms. The summed E-state index contributed by atoms with van der Waals surface area (Å²) < 4.78 is 69.8. The van der Waals surface area contributed by atoms with Crippen LogP contribution in [0.4, 0.5) is 24.5 Å². The van der Waals surface area contributed by atoms with E-state index < -0.39 is 27.7 Å². The molecule has 7 nitrogen and oxygen atoms in total. The number of carbonyl (C=O) groups is 1. The van der Waals surface area contributed by atoms with E-state index in [0.29, 0.717) is 11.6 Å². The molecule has 1 amide bonds. The molecule has 3 aromatic rings. The summed E-state index contributed by atoms with van der Waals surface area (Å²) >= 11 is 5.62. The SMILES string of the molecule is CNC(=O)Cc1ccc(N(c2ccc(Oc3ccc(Cl)c(C(F)(F)F)c3)c(C#N)c2)[SH](=O)=O)cc1. The number of rotatable bonds is 7. The molecule has 0 saturated heterocycles. The molecule has 3 rings (SSSR count). The highest BCUT2D eigenvalue weighted by atomic mass is 35.5. The van der Waals surface area contributed by atoms with Gasteiger partial charge in [-0.2, -0.15) is 18.4 Å². The minimum Gasteiger partial charge on any atom is -0.456 e. The molecule has 0 bridgehead atoms. The number of benzene rings is 3. The van der Waals surface area contributed by atoms with Gasteiger partial charge in [0.05, 0.1) is 33.9 Å². The van der Waals surface area contributed by atoms with Gasteiger partial charge in [0, 0.05) is 7.05 Å². The monoisotopic (exact) mass is 523 g/mol. The van der Waals surface area contributed by atoms with Crippen LogP contribution < -0.4 is 14.4 Å². The molecular formula is C23H17ClF3N3O4S. The minimum atomic E-state index is -4.70. The van der Waals surface area contributed by atoms with Crippen molar-refractivity contribution in [1.29, 1.82) is 5.26 Å². The largest absolute Gasteiger partial charge is 0.456 e. The van der Waals surface area contributed by atoms with Crippen LogP contribution in [0.1, 0.15) is 16.7 Å². The lowest BCUT2D eigenvalue weighted by Crippen LogP contribution is -2.20. The molecule has 0 aliphatic rings. The molecule has 0 aromatic heterocycles. The Kier molecular flexibility index (Phi) is 7.89. The van der Waals surface area contributed by atoms with Gasteiger partial charge in [0.2, 0.25) is 16.8 Å². The van der Waals surface area contributed by atoms with E-state index in [9.17, 15) is 31.6 Å². The number of anilines is 2. The van der Waals surface area contributed by atoms with Gasteiger partial charge >= 0.3 is 6.18 Å². The Hall–Kier alpha value is -3.75. The molecule has 0 spiro atoms. The van der Waals surface area contributed by atoms with Crippen LogP contribution in [-0.2, 0) is 28.3 Å². The van der Waals surface area contributed by atoms with Crippen LogP contribution in [0, 0.1) is 11.3 Å². The van der Waals surface area contributed by atoms with E-state index in [1.54, 1.807) is 12.1 Å². The van der Waals surface area contributed by atoms with Crippen molar-refractivity contribution in [2.24, 2.45) is 0 Å². The summed E-state index contributed by atoms with van der Waals surface area (Å²) in [6.45, 7) is 0. The average Bonchev–Trinajstić information content (AvgIpc) is 2.81. The normalized spacial score (nSPS) is 11.1. The number of hydrogen-bond acceptors (Lipinski definition) is 5. The van der Waals surface area contributed by atoms with E-state index in [0.717, 1.165) is 10.4 Å². The zero-order chi connectivity index (χ0) is 25.8. The topological polar surface area (TPSA) is 99.5 Å². The molecule has 0 radical (unpaired) electrons. The van der Waals surface area contributed by atoms with E-state index in [-0.39, 0.29) is 40.8 Å². The van der Waals surface area contributed by atoms with Crippen LogP contribution in [0.15, 0.2) is 60.7 Å². The van der Waals surface area contributed by atoms with Crippen LogP contribution in [0.5, 0.6) is 11.5 Å². The lowest BCUT2D eigenvalue weighted by Gasteiger charge is -2.19. The quantitative estimate of drug-likeness (QED) is 0.426. The lowest BCUT2D eigenvalue weighted by atomic mass is 10.1. The van der Waals surface area contributed by atoms with Crippen molar-refractivity contribution in [3.05, 3.63) is 82.4 Å². The van der Waals surface area contributed by atoms with Gasteiger partial charge in [-0.1, -0.05) is 23.7 Å². The number of thiol groups is 1. The molecule has 12 heteroatoms. The smallest absolute Gasteiger partial charge is 0.417 e. The minimum absolute atomic E-state index is 0.0753. The van der Waals surface area contributed by atoms with E-state index in [1.807, 2.05) is 6.07 Å². The molecule has 182 valence electrons. The Bertz CT molecular complexity index is 1360. The summed E-state index contributed by atoms with van der Waals surface area (Å²) in [6.07, 6.45) is -4.58. The molecule has 0 aliphatic heterocycles. The van der Waals surface area contributed by atoms with Crippen LogP contribution in [0.3, 0.4) is 0 Å². The number of alkyl halides is 3. The Morgan fingerprint density at radius 1 is 1.09 bits per heavy atom. The number of nitrogens with one attached hydrogen (secondary N) is 1. The maximum absolute atomic E-state index is 13.1. The summed E-state index contributed by atoms with van der Waals surface area (Å²) in [5, 5.41) is 11.5. The molecule has 0 heterocycles. The Morgan fingerprint density at radius 3 is 2.31 bits per heavy atom.